The highest BCUT2D eigenvalue weighted by molar-refractivity contribution is 6.34. The van der Waals surface area contributed by atoms with Gasteiger partial charge in [-0.05, 0) is 12.1 Å². The van der Waals surface area contributed by atoms with Crippen molar-refractivity contribution in [2.24, 2.45) is 5.73 Å². The fraction of sp³-hybridized carbons (Fsp3) is 0.300. The van der Waals surface area contributed by atoms with Crippen LogP contribution >= 0.6 is 24.0 Å². The van der Waals surface area contributed by atoms with Gasteiger partial charge in [0, 0.05) is 13.1 Å². The van der Waals surface area contributed by atoms with Crippen LogP contribution in [0.1, 0.15) is 10.4 Å². The lowest BCUT2D eigenvalue weighted by Crippen LogP contribution is -2.29. The SMILES string of the molecule is COc1cccc(Cl)c1C(=O)NCCN.Cl. The zero-order chi connectivity index (χ0) is 11.3. The summed E-state index contributed by atoms with van der Waals surface area (Å²) in [5, 5.41) is 3.00. The van der Waals surface area contributed by atoms with Crippen LogP contribution in [0.4, 0.5) is 0 Å². The maximum atomic E-state index is 11.7. The third-order valence-electron chi connectivity index (χ3n) is 1.85. The number of carbonyl (C=O) groups excluding carboxylic acids is 1. The number of hydrogen-bond donors (Lipinski definition) is 2. The van der Waals surface area contributed by atoms with E-state index in [9.17, 15) is 4.79 Å². The number of carbonyl (C=O) groups is 1. The second-order valence-electron chi connectivity index (χ2n) is 2.86. The van der Waals surface area contributed by atoms with Gasteiger partial charge in [0.2, 0.25) is 0 Å². The minimum absolute atomic E-state index is 0. The van der Waals surface area contributed by atoms with Crippen molar-refractivity contribution < 1.29 is 9.53 Å². The van der Waals surface area contributed by atoms with Crippen molar-refractivity contribution in [3.05, 3.63) is 28.8 Å². The number of nitrogens with one attached hydrogen (secondary N) is 1. The van der Waals surface area contributed by atoms with E-state index in [4.69, 9.17) is 22.1 Å². The molecule has 16 heavy (non-hydrogen) atoms. The first-order valence-corrected chi connectivity index (χ1v) is 4.89. The minimum atomic E-state index is -0.275. The number of methoxy groups -OCH3 is 1. The maximum absolute atomic E-state index is 11.7. The molecular weight excluding hydrogens is 251 g/mol. The average Bonchev–Trinajstić information content (AvgIpc) is 2.25. The van der Waals surface area contributed by atoms with E-state index < -0.39 is 0 Å². The molecule has 0 aromatic heterocycles. The van der Waals surface area contributed by atoms with Crippen molar-refractivity contribution in [2.45, 2.75) is 0 Å². The molecule has 1 aromatic rings. The molecule has 0 radical (unpaired) electrons. The summed E-state index contributed by atoms with van der Waals surface area (Å²) in [6.45, 7) is 0.797. The van der Waals surface area contributed by atoms with Crippen LogP contribution in [-0.2, 0) is 0 Å². The molecule has 0 heterocycles. The van der Waals surface area contributed by atoms with Crippen LogP contribution in [0.5, 0.6) is 5.75 Å². The standard InChI is InChI=1S/C10H13ClN2O2.ClH/c1-15-8-4-2-3-7(11)9(8)10(14)13-6-5-12;/h2-4H,5-6,12H2,1H3,(H,13,14);1H. The summed E-state index contributed by atoms with van der Waals surface area (Å²) in [4.78, 5) is 11.7. The first-order valence-electron chi connectivity index (χ1n) is 4.51. The maximum Gasteiger partial charge on any atom is 0.256 e. The number of nitrogens with two attached hydrogens (primary N) is 1. The molecule has 0 saturated carbocycles. The molecule has 6 heteroatoms. The molecule has 90 valence electrons. The van der Waals surface area contributed by atoms with Gasteiger partial charge in [0.05, 0.1) is 17.7 Å². The van der Waals surface area contributed by atoms with E-state index in [-0.39, 0.29) is 18.3 Å². The van der Waals surface area contributed by atoms with Crippen molar-refractivity contribution in [3.8, 4) is 5.75 Å². The van der Waals surface area contributed by atoms with Gasteiger partial charge in [-0.15, -0.1) is 12.4 Å². The van der Waals surface area contributed by atoms with E-state index >= 15 is 0 Å². The average molecular weight is 265 g/mol. The molecule has 0 bridgehead atoms. The van der Waals surface area contributed by atoms with Crippen LogP contribution in [0.3, 0.4) is 0 Å². The Hall–Kier alpha value is -0.970. The van der Waals surface area contributed by atoms with Crippen LogP contribution in [0.2, 0.25) is 5.02 Å². The molecule has 0 aliphatic rings. The highest BCUT2D eigenvalue weighted by Gasteiger charge is 2.15. The highest BCUT2D eigenvalue weighted by atomic mass is 35.5. The Labute approximate surface area is 106 Å². The second-order valence-corrected chi connectivity index (χ2v) is 3.27. The normalized spacial score (nSPS) is 9.19. The number of amides is 1. The van der Waals surface area contributed by atoms with Crippen molar-refractivity contribution in [2.75, 3.05) is 20.2 Å². The largest absolute Gasteiger partial charge is 0.496 e. The summed E-state index contributed by atoms with van der Waals surface area (Å²) in [6.07, 6.45) is 0. The molecule has 0 fully saturated rings. The van der Waals surface area contributed by atoms with Gasteiger partial charge in [0.15, 0.2) is 0 Å². The number of benzene rings is 1. The number of hydrogen-bond acceptors (Lipinski definition) is 3. The molecule has 0 saturated heterocycles. The van der Waals surface area contributed by atoms with Crippen LogP contribution in [0.25, 0.3) is 0 Å². The molecule has 3 N–H and O–H groups in total. The lowest BCUT2D eigenvalue weighted by atomic mass is 10.2. The zero-order valence-corrected chi connectivity index (χ0v) is 10.4. The number of halogens is 2. The van der Waals surface area contributed by atoms with Crippen LogP contribution in [-0.4, -0.2) is 26.1 Å². The predicted octanol–water partition coefficient (Wildman–Crippen LogP) is 1.46. The van der Waals surface area contributed by atoms with E-state index in [0.717, 1.165) is 0 Å². The van der Waals surface area contributed by atoms with Crippen molar-refractivity contribution >= 4 is 29.9 Å². The third-order valence-corrected chi connectivity index (χ3v) is 2.17. The van der Waals surface area contributed by atoms with Gasteiger partial charge in [-0.25, -0.2) is 0 Å². The second kappa shape index (κ2) is 7.33. The van der Waals surface area contributed by atoms with E-state index in [1.807, 2.05) is 0 Å². The van der Waals surface area contributed by atoms with Gasteiger partial charge >= 0.3 is 0 Å². The summed E-state index contributed by atoms with van der Waals surface area (Å²) in [5.74, 6) is 0.180. The van der Waals surface area contributed by atoms with Crippen LogP contribution in [0, 0.1) is 0 Å². The molecule has 4 nitrogen and oxygen atoms in total. The molecule has 1 amide bonds. The molecule has 0 atom stereocenters. The van der Waals surface area contributed by atoms with Crippen molar-refractivity contribution in [1.29, 1.82) is 0 Å². The van der Waals surface area contributed by atoms with Crippen LogP contribution in [0.15, 0.2) is 18.2 Å². The molecule has 1 rings (SSSR count). The summed E-state index contributed by atoms with van der Waals surface area (Å²) in [5.41, 5.74) is 5.63. The van der Waals surface area contributed by atoms with Gasteiger partial charge < -0.3 is 15.8 Å². The molecule has 0 unspecified atom stereocenters. The Morgan fingerprint density at radius 1 is 1.56 bits per heavy atom. The highest BCUT2D eigenvalue weighted by Crippen LogP contribution is 2.25. The zero-order valence-electron chi connectivity index (χ0n) is 8.83. The summed E-state index contributed by atoms with van der Waals surface area (Å²) >= 11 is 5.91. The molecule has 1 aromatic carbocycles. The van der Waals surface area contributed by atoms with Gasteiger partial charge in [0.25, 0.3) is 5.91 Å². The first-order chi connectivity index (χ1) is 7.20. The Balaban J connectivity index is 0.00000225. The predicted molar refractivity (Wildman–Crippen MR) is 66.6 cm³/mol. The first kappa shape index (κ1) is 15.0. The number of ether oxygens (including phenoxy) is 1. The Bertz CT molecular complexity index is 359. The van der Waals surface area contributed by atoms with Gasteiger partial charge in [0.1, 0.15) is 5.75 Å². The summed E-state index contributed by atoms with van der Waals surface area (Å²) in [7, 11) is 1.49. The summed E-state index contributed by atoms with van der Waals surface area (Å²) in [6, 6.07) is 5.05. The summed E-state index contributed by atoms with van der Waals surface area (Å²) < 4.78 is 5.05. The van der Waals surface area contributed by atoms with E-state index in [1.54, 1.807) is 18.2 Å². The Morgan fingerprint density at radius 3 is 2.81 bits per heavy atom. The quantitative estimate of drug-likeness (QED) is 0.866. The Morgan fingerprint density at radius 2 is 2.25 bits per heavy atom. The van der Waals surface area contributed by atoms with Crippen molar-refractivity contribution in [1.82, 2.24) is 5.32 Å². The lowest BCUT2D eigenvalue weighted by Gasteiger charge is -2.09. The molecular formula is C10H14Cl2N2O2. The minimum Gasteiger partial charge on any atom is -0.496 e. The smallest absolute Gasteiger partial charge is 0.256 e. The lowest BCUT2D eigenvalue weighted by molar-refractivity contribution is 0.0952. The Kier molecular flexibility index (Phi) is 6.88. The molecule has 0 aliphatic heterocycles. The topological polar surface area (TPSA) is 64.3 Å². The van der Waals surface area contributed by atoms with Gasteiger partial charge in [-0.2, -0.15) is 0 Å². The van der Waals surface area contributed by atoms with Gasteiger partial charge in [-0.1, -0.05) is 17.7 Å². The van der Waals surface area contributed by atoms with E-state index in [2.05, 4.69) is 5.32 Å². The van der Waals surface area contributed by atoms with Crippen LogP contribution < -0.4 is 15.8 Å². The van der Waals surface area contributed by atoms with E-state index in [1.165, 1.54) is 7.11 Å². The fourth-order valence-electron chi connectivity index (χ4n) is 1.17. The number of rotatable bonds is 4. The molecule has 0 spiro atoms. The fourth-order valence-corrected chi connectivity index (χ4v) is 1.42. The van der Waals surface area contributed by atoms with E-state index in [0.29, 0.717) is 29.4 Å². The van der Waals surface area contributed by atoms with Crippen molar-refractivity contribution in [3.63, 3.8) is 0 Å². The molecule has 0 aliphatic carbocycles. The van der Waals surface area contributed by atoms with Gasteiger partial charge in [-0.3, -0.25) is 4.79 Å². The monoisotopic (exact) mass is 264 g/mol. The third kappa shape index (κ3) is 3.56.